The van der Waals surface area contributed by atoms with Gasteiger partial charge in [0, 0.05) is 10.9 Å². The number of nitrogens with one attached hydrogen (secondary N) is 1. The first-order valence-corrected chi connectivity index (χ1v) is 10.2. The zero-order valence-corrected chi connectivity index (χ0v) is 17.9. The minimum atomic E-state index is -0.821. The Morgan fingerprint density at radius 2 is 1.62 bits per heavy atom. The maximum absolute atomic E-state index is 13.3. The van der Waals surface area contributed by atoms with E-state index in [-0.39, 0.29) is 17.0 Å². The van der Waals surface area contributed by atoms with Crippen LogP contribution in [0, 0.1) is 19.7 Å². The number of furan rings is 1. The van der Waals surface area contributed by atoms with Gasteiger partial charge in [-0.1, -0.05) is 18.2 Å². The zero-order chi connectivity index (χ0) is 22.8. The molecule has 0 saturated heterocycles. The number of hydrogen-bond donors (Lipinski definition) is 1. The van der Waals surface area contributed by atoms with Crippen LogP contribution in [0.4, 0.5) is 10.1 Å². The number of ketones is 1. The van der Waals surface area contributed by atoms with Crippen molar-refractivity contribution in [2.24, 2.45) is 0 Å². The Morgan fingerprint density at radius 1 is 0.969 bits per heavy atom. The summed E-state index contributed by atoms with van der Waals surface area (Å²) >= 11 is 0. The predicted molar refractivity (Wildman–Crippen MR) is 121 cm³/mol. The molecule has 4 aromatic rings. The molecule has 0 fully saturated rings. The molecule has 0 aliphatic rings. The van der Waals surface area contributed by atoms with Crippen LogP contribution in [0.1, 0.15) is 34.2 Å². The van der Waals surface area contributed by atoms with Crippen LogP contribution in [0.15, 0.2) is 71.1 Å². The van der Waals surface area contributed by atoms with Gasteiger partial charge in [-0.15, -0.1) is 0 Å². The highest BCUT2D eigenvalue weighted by Crippen LogP contribution is 2.33. The number of carbonyl (C=O) groups is 2. The van der Waals surface area contributed by atoms with E-state index in [9.17, 15) is 14.0 Å². The van der Waals surface area contributed by atoms with Crippen LogP contribution in [-0.2, 0) is 4.79 Å². The molecule has 0 spiro atoms. The van der Waals surface area contributed by atoms with Crippen LogP contribution in [-0.4, -0.2) is 17.8 Å². The molecule has 0 saturated carbocycles. The van der Waals surface area contributed by atoms with Crippen molar-refractivity contribution >= 4 is 28.3 Å². The first-order valence-electron chi connectivity index (χ1n) is 10.2. The van der Waals surface area contributed by atoms with Gasteiger partial charge in [0.1, 0.15) is 17.1 Å². The number of fused-ring (bicyclic) bond motifs is 1. The van der Waals surface area contributed by atoms with Gasteiger partial charge in [0.25, 0.3) is 5.91 Å². The van der Waals surface area contributed by atoms with E-state index in [0.29, 0.717) is 16.7 Å². The second kappa shape index (κ2) is 8.67. The first-order chi connectivity index (χ1) is 15.3. The summed E-state index contributed by atoms with van der Waals surface area (Å²) in [5.41, 5.74) is 3.02. The fourth-order valence-corrected chi connectivity index (χ4v) is 3.55. The molecular formula is C26H22FNO4. The summed E-state index contributed by atoms with van der Waals surface area (Å²) < 4.78 is 24.9. The predicted octanol–water partition coefficient (Wildman–Crippen LogP) is 5.83. The molecule has 162 valence electrons. The van der Waals surface area contributed by atoms with Gasteiger partial charge < -0.3 is 14.5 Å². The van der Waals surface area contributed by atoms with Crippen molar-refractivity contribution in [3.8, 4) is 5.75 Å². The van der Waals surface area contributed by atoms with E-state index >= 15 is 0 Å². The van der Waals surface area contributed by atoms with E-state index < -0.39 is 23.6 Å². The van der Waals surface area contributed by atoms with Gasteiger partial charge in [0.05, 0.1) is 5.69 Å². The summed E-state index contributed by atoms with van der Waals surface area (Å²) in [5.74, 6) is -0.769. The third-order valence-corrected chi connectivity index (χ3v) is 5.03. The van der Waals surface area contributed by atoms with Crippen LogP contribution >= 0.6 is 0 Å². The van der Waals surface area contributed by atoms with Crippen molar-refractivity contribution in [1.82, 2.24) is 0 Å². The highest BCUT2D eigenvalue weighted by molar-refractivity contribution is 6.17. The van der Waals surface area contributed by atoms with Gasteiger partial charge in [0.15, 0.2) is 11.9 Å². The van der Waals surface area contributed by atoms with E-state index in [1.165, 1.54) is 24.3 Å². The first kappa shape index (κ1) is 21.3. The van der Waals surface area contributed by atoms with Crippen molar-refractivity contribution in [3.63, 3.8) is 0 Å². The largest absolute Gasteiger partial charge is 0.481 e. The van der Waals surface area contributed by atoms with Gasteiger partial charge in [-0.3, -0.25) is 9.59 Å². The average Bonchev–Trinajstić information content (AvgIpc) is 3.11. The van der Waals surface area contributed by atoms with E-state index in [1.54, 1.807) is 31.2 Å². The molecule has 0 radical (unpaired) electrons. The van der Waals surface area contributed by atoms with Crippen molar-refractivity contribution in [2.45, 2.75) is 26.9 Å². The molecular weight excluding hydrogens is 409 g/mol. The number of ether oxygens (including phenoxy) is 1. The summed E-state index contributed by atoms with van der Waals surface area (Å²) in [6, 6.07) is 17.9. The summed E-state index contributed by atoms with van der Waals surface area (Å²) in [7, 11) is 0. The van der Waals surface area contributed by atoms with E-state index in [2.05, 4.69) is 5.32 Å². The van der Waals surface area contributed by atoms with Gasteiger partial charge in [-0.2, -0.15) is 0 Å². The summed E-state index contributed by atoms with van der Waals surface area (Å²) in [4.78, 5) is 26.0. The molecule has 1 N–H and O–H groups in total. The maximum Gasteiger partial charge on any atom is 0.265 e. The number of para-hydroxylation sites is 1. The second-order valence-corrected chi connectivity index (χ2v) is 7.71. The Kier molecular flexibility index (Phi) is 5.77. The SMILES string of the molecule is Cc1cc(C)cc(O[C@@H](C)C(=O)Nc2c(C(=O)c3ccc(F)cc3)oc3ccccc23)c1. The van der Waals surface area contributed by atoms with Crippen LogP contribution in [0.25, 0.3) is 11.0 Å². The Labute approximate surface area is 184 Å². The third-order valence-electron chi connectivity index (χ3n) is 5.03. The smallest absolute Gasteiger partial charge is 0.265 e. The lowest BCUT2D eigenvalue weighted by molar-refractivity contribution is -0.122. The maximum atomic E-state index is 13.3. The number of anilines is 1. The molecule has 1 atom stereocenters. The molecule has 0 unspecified atom stereocenters. The molecule has 6 heteroatoms. The quantitative estimate of drug-likeness (QED) is 0.390. The number of halogens is 1. The zero-order valence-electron chi connectivity index (χ0n) is 17.9. The van der Waals surface area contributed by atoms with Crippen molar-refractivity contribution in [3.05, 3.63) is 95.0 Å². The Bertz CT molecular complexity index is 1290. The summed E-state index contributed by atoms with van der Waals surface area (Å²) in [6.45, 7) is 5.54. The van der Waals surface area contributed by atoms with Crippen molar-refractivity contribution in [1.29, 1.82) is 0 Å². The second-order valence-electron chi connectivity index (χ2n) is 7.71. The average molecular weight is 431 g/mol. The third kappa shape index (κ3) is 4.39. The van der Waals surface area contributed by atoms with Gasteiger partial charge in [0.2, 0.25) is 5.78 Å². The summed E-state index contributed by atoms with van der Waals surface area (Å²) in [6.07, 6.45) is -0.821. The molecule has 0 aliphatic heterocycles. The fraction of sp³-hybridized carbons (Fsp3) is 0.154. The molecule has 0 bridgehead atoms. The molecule has 1 aromatic heterocycles. The lowest BCUT2D eigenvalue weighted by atomic mass is 10.1. The van der Waals surface area contributed by atoms with Gasteiger partial charge >= 0.3 is 0 Å². The molecule has 1 amide bonds. The molecule has 5 nitrogen and oxygen atoms in total. The molecule has 3 aromatic carbocycles. The molecule has 0 aliphatic carbocycles. The fourth-order valence-electron chi connectivity index (χ4n) is 3.55. The van der Waals surface area contributed by atoms with Crippen LogP contribution in [0.2, 0.25) is 0 Å². The molecule has 4 rings (SSSR count). The number of amides is 1. The Morgan fingerprint density at radius 3 is 2.31 bits per heavy atom. The highest BCUT2D eigenvalue weighted by Gasteiger charge is 2.25. The number of benzene rings is 3. The minimum absolute atomic E-state index is 0.0234. The Balaban J connectivity index is 1.64. The Hall–Kier alpha value is -3.93. The number of rotatable bonds is 6. The van der Waals surface area contributed by atoms with E-state index in [0.717, 1.165) is 11.1 Å². The normalized spacial score (nSPS) is 11.9. The molecule has 1 heterocycles. The topological polar surface area (TPSA) is 68.5 Å². The standard InChI is InChI=1S/C26H22FNO4/c1-15-12-16(2)14-20(13-15)31-17(3)26(30)28-23-21-6-4-5-7-22(21)32-25(23)24(29)18-8-10-19(27)11-9-18/h4-14,17H,1-3H3,(H,28,30)/t17-/m0/s1. The van der Waals surface area contributed by atoms with Crippen LogP contribution in [0.5, 0.6) is 5.75 Å². The van der Waals surface area contributed by atoms with E-state index in [4.69, 9.17) is 9.15 Å². The van der Waals surface area contributed by atoms with Crippen molar-refractivity contribution in [2.75, 3.05) is 5.32 Å². The minimum Gasteiger partial charge on any atom is -0.481 e. The van der Waals surface area contributed by atoms with E-state index in [1.807, 2.05) is 32.0 Å². The number of aryl methyl sites for hydroxylation is 2. The summed E-state index contributed by atoms with van der Waals surface area (Å²) in [5, 5.41) is 3.38. The van der Waals surface area contributed by atoms with Crippen LogP contribution < -0.4 is 10.1 Å². The molecule has 32 heavy (non-hydrogen) atoms. The lowest BCUT2D eigenvalue weighted by Crippen LogP contribution is -2.30. The highest BCUT2D eigenvalue weighted by atomic mass is 19.1. The van der Waals surface area contributed by atoms with Crippen molar-refractivity contribution < 1.29 is 23.1 Å². The number of carbonyl (C=O) groups excluding carboxylic acids is 2. The number of hydrogen-bond acceptors (Lipinski definition) is 4. The lowest BCUT2D eigenvalue weighted by Gasteiger charge is -2.16. The monoisotopic (exact) mass is 431 g/mol. The van der Waals surface area contributed by atoms with Gasteiger partial charge in [-0.05, 0) is 80.4 Å². The van der Waals surface area contributed by atoms with Gasteiger partial charge in [-0.25, -0.2) is 4.39 Å². The van der Waals surface area contributed by atoms with Crippen LogP contribution in [0.3, 0.4) is 0 Å².